The van der Waals surface area contributed by atoms with Gasteiger partial charge in [-0.25, -0.2) is 0 Å². The number of carbonyl (C=O) groups excluding carboxylic acids is 2. The van der Waals surface area contributed by atoms with Gasteiger partial charge < -0.3 is 14.0 Å². The molecular formula is C18H15N3O5S. The first-order valence-electron chi connectivity index (χ1n) is 8.23. The Hall–Kier alpha value is -3.20. The summed E-state index contributed by atoms with van der Waals surface area (Å²) in [6, 6.07) is 8.96. The summed E-state index contributed by atoms with van der Waals surface area (Å²) in [5, 5.41) is 7.66. The second-order valence-corrected chi connectivity index (χ2v) is 6.51. The lowest BCUT2D eigenvalue weighted by Crippen LogP contribution is -2.36. The molecule has 0 radical (unpaired) electrons. The molecule has 0 saturated carbocycles. The topological polar surface area (TPSA) is 94.8 Å². The lowest BCUT2D eigenvalue weighted by atomic mass is 10.2. The minimum atomic E-state index is -0.574. The normalized spacial score (nSPS) is 13.6. The zero-order chi connectivity index (χ0) is 18.6. The number of nitrogens with zero attached hydrogens (tertiary/aromatic N) is 3. The molecule has 4 rings (SSSR count). The van der Waals surface area contributed by atoms with Gasteiger partial charge in [0.1, 0.15) is 12.3 Å². The number of aromatic nitrogens is 2. The van der Waals surface area contributed by atoms with Gasteiger partial charge in [-0.15, -0.1) is 0 Å². The van der Waals surface area contributed by atoms with Crippen molar-refractivity contribution in [1.82, 2.24) is 10.1 Å². The van der Waals surface area contributed by atoms with Crippen molar-refractivity contribution in [3.63, 3.8) is 0 Å². The predicted molar refractivity (Wildman–Crippen MR) is 96.3 cm³/mol. The maximum atomic E-state index is 12.3. The van der Waals surface area contributed by atoms with E-state index in [1.54, 1.807) is 18.2 Å². The second-order valence-electron chi connectivity index (χ2n) is 5.73. The van der Waals surface area contributed by atoms with Crippen molar-refractivity contribution in [2.45, 2.75) is 13.0 Å². The first kappa shape index (κ1) is 17.2. The highest BCUT2D eigenvalue weighted by Crippen LogP contribution is 2.30. The Bertz CT molecular complexity index is 954. The number of hydrogen-bond acceptors (Lipinski definition) is 8. The molecule has 138 valence electrons. The van der Waals surface area contributed by atoms with Crippen molar-refractivity contribution in [3.05, 3.63) is 47.0 Å². The van der Waals surface area contributed by atoms with Crippen LogP contribution in [0.25, 0.3) is 11.4 Å². The third-order valence-corrected chi connectivity index (χ3v) is 4.61. The van der Waals surface area contributed by atoms with E-state index < -0.39 is 5.97 Å². The molecule has 0 fully saturated rings. The van der Waals surface area contributed by atoms with Gasteiger partial charge in [-0.1, -0.05) is 17.3 Å². The number of fused-ring (bicyclic) bond motifs is 1. The monoisotopic (exact) mass is 385 g/mol. The van der Waals surface area contributed by atoms with Crippen LogP contribution in [0.15, 0.2) is 45.6 Å². The Labute approximate surface area is 158 Å². The Balaban J connectivity index is 1.40. The van der Waals surface area contributed by atoms with Crippen LogP contribution in [-0.4, -0.2) is 35.2 Å². The Kier molecular flexibility index (Phi) is 4.84. The highest BCUT2D eigenvalue weighted by Gasteiger charge is 2.25. The largest absolute Gasteiger partial charge is 0.491 e. The molecule has 1 amide bonds. The van der Waals surface area contributed by atoms with Crippen LogP contribution in [0, 0.1) is 0 Å². The standard InChI is InChI=1S/C18H15N3O5S/c22-16-5-7-24-14-4-2-1-3-13(14)21(16)9-17(23)25-10-15-19-18(20-26-15)12-6-8-27-11-12/h1-4,6,8,11H,5,7,9-10H2. The SMILES string of the molecule is O=C(CN1C(=O)CCOc2ccccc21)OCc1nc(-c2ccsc2)no1. The minimum absolute atomic E-state index is 0.157. The van der Waals surface area contributed by atoms with Crippen LogP contribution in [0.2, 0.25) is 0 Å². The fourth-order valence-corrected chi connectivity index (χ4v) is 3.27. The molecule has 3 heterocycles. The molecule has 0 unspecified atom stereocenters. The first-order valence-corrected chi connectivity index (χ1v) is 9.18. The number of ether oxygens (including phenoxy) is 2. The van der Waals surface area contributed by atoms with Crippen LogP contribution in [0.4, 0.5) is 5.69 Å². The molecule has 0 aliphatic carbocycles. The molecule has 0 saturated heterocycles. The van der Waals surface area contributed by atoms with Gasteiger partial charge in [0.15, 0.2) is 6.61 Å². The van der Waals surface area contributed by atoms with E-state index in [1.807, 2.05) is 22.9 Å². The van der Waals surface area contributed by atoms with Gasteiger partial charge in [0, 0.05) is 10.9 Å². The maximum absolute atomic E-state index is 12.3. The highest BCUT2D eigenvalue weighted by atomic mass is 32.1. The van der Waals surface area contributed by atoms with Crippen LogP contribution in [0.5, 0.6) is 5.75 Å². The van der Waals surface area contributed by atoms with Crippen LogP contribution in [0.1, 0.15) is 12.3 Å². The molecule has 27 heavy (non-hydrogen) atoms. The lowest BCUT2D eigenvalue weighted by molar-refractivity contribution is -0.144. The van der Waals surface area contributed by atoms with Crippen LogP contribution in [0.3, 0.4) is 0 Å². The molecule has 1 aromatic carbocycles. The molecule has 9 heteroatoms. The molecular weight excluding hydrogens is 370 g/mol. The van der Waals surface area contributed by atoms with Crippen LogP contribution in [-0.2, 0) is 20.9 Å². The van der Waals surface area contributed by atoms with E-state index in [2.05, 4.69) is 10.1 Å². The summed E-state index contributed by atoms with van der Waals surface area (Å²) in [5.74, 6) is 0.421. The van der Waals surface area contributed by atoms with E-state index in [0.29, 0.717) is 17.3 Å². The summed E-state index contributed by atoms with van der Waals surface area (Å²) < 4.78 is 15.8. The Morgan fingerprint density at radius 2 is 2.19 bits per heavy atom. The van der Waals surface area contributed by atoms with E-state index in [4.69, 9.17) is 14.0 Å². The number of thiophene rings is 1. The number of benzene rings is 1. The highest BCUT2D eigenvalue weighted by molar-refractivity contribution is 7.08. The smallest absolute Gasteiger partial charge is 0.326 e. The van der Waals surface area contributed by atoms with Gasteiger partial charge in [-0.2, -0.15) is 16.3 Å². The fourth-order valence-electron chi connectivity index (χ4n) is 2.63. The lowest BCUT2D eigenvalue weighted by Gasteiger charge is -2.20. The van der Waals surface area contributed by atoms with Gasteiger partial charge in [-0.3, -0.25) is 14.5 Å². The summed E-state index contributed by atoms with van der Waals surface area (Å²) >= 11 is 1.52. The fraction of sp³-hybridized carbons (Fsp3) is 0.222. The summed E-state index contributed by atoms with van der Waals surface area (Å²) in [6.45, 7) is -0.102. The number of amides is 1. The minimum Gasteiger partial charge on any atom is -0.491 e. The first-order chi connectivity index (χ1) is 13.2. The van der Waals surface area contributed by atoms with E-state index in [0.717, 1.165) is 5.56 Å². The molecule has 0 spiro atoms. The third-order valence-electron chi connectivity index (χ3n) is 3.92. The van der Waals surface area contributed by atoms with E-state index in [-0.39, 0.29) is 38.0 Å². The molecule has 2 aromatic heterocycles. The molecule has 1 aliphatic heterocycles. The molecule has 0 N–H and O–H groups in total. The van der Waals surface area contributed by atoms with Crippen LogP contribution < -0.4 is 9.64 Å². The average molecular weight is 385 g/mol. The maximum Gasteiger partial charge on any atom is 0.326 e. The number of esters is 1. The molecule has 1 aliphatic rings. The van der Waals surface area contributed by atoms with Gasteiger partial charge in [0.25, 0.3) is 5.89 Å². The van der Waals surface area contributed by atoms with Crippen molar-refractivity contribution in [2.24, 2.45) is 0 Å². The number of carbonyl (C=O) groups is 2. The summed E-state index contributed by atoms with van der Waals surface area (Å²) in [7, 11) is 0. The zero-order valence-electron chi connectivity index (χ0n) is 14.2. The van der Waals surface area contributed by atoms with Crippen molar-refractivity contribution in [3.8, 4) is 17.1 Å². The second kappa shape index (κ2) is 7.58. The Morgan fingerprint density at radius 1 is 1.30 bits per heavy atom. The van der Waals surface area contributed by atoms with Gasteiger partial charge in [0.05, 0.1) is 18.7 Å². The number of rotatable bonds is 5. The molecule has 3 aromatic rings. The van der Waals surface area contributed by atoms with E-state index in [1.165, 1.54) is 16.2 Å². The average Bonchev–Trinajstić information content (AvgIpc) is 3.34. The third kappa shape index (κ3) is 3.82. The van der Waals surface area contributed by atoms with Crippen molar-refractivity contribution < 1.29 is 23.6 Å². The predicted octanol–water partition coefficient (Wildman–Crippen LogP) is 2.66. The summed E-state index contributed by atoms with van der Waals surface area (Å²) in [6.07, 6.45) is 0.190. The van der Waals surface area contributed by atoms with Crippen LogP contribution >= 0.6 is 11.3 Å². The quantitative estimate of drug-likeness (QED) is 0.623. The van der Waals surface area contributed by atoms with E-state index in [9.17, 15) is 9.59 Å². The number of anilines is 1. The van der Waals surface area contributed by atoms with Gasteiger partial charge >= 0.3 is 5.97 Å². The van der Waals surface area contributed by atoms with Crippen molar-refractivity contribution in [1.29, 1.82) is 0 Å². The zero-order valence-corrected chi connectivity index (χ0v) is 15.0. The van der Waals surface area contributed by atoms with E-state index >= 15 is 0 Å². The summed E-state index contributed by atoms with van der Waals surface area (Å²) in [4.78, 5) is 30.1. The number of hydrogen-bond donors (Lipinski definition) is 0. The van der Waals surface area contributed by atoms with Gasteiger partial charge in [-0.05, 0) is 23.6 Å². The Morgan fingerprint density at radius 3 is 3.04 bits per heavy atom. The molecule has 8 nitrogen and oxygen atoms in total. The van der Waals surface area contributed by atoms with Gasteiger partial charge in [0.2, 0.25) is 11.7 Å². The summed E-state index contributed by atoms with van der Waals surface area (Å²) in [5.41, 5.74) is 1.39. The number of para-hydroxylation sites is 2. The molecule has 0 bridgehead atoms. The van der Waals surface area contributed by atoms with Crippen molar-refractivity contribution in [2.75, 3.05) is 18.1 Å². The van der Waals surface area contributed by atoms with Crippen molar-refractivity contribution >= 4 is 28.9 Å². The molecule has 0 atom stereocenters.